The first-order chi connectivity index (χ1) is 9.24. The van der Waals surface area contributed by atoms with Crippen LogP contribution in [0.2, 0.25) is 0 Å². The molecule has 1 heterocycles. The van der Waals surface area contributed by atoms with Gasteiger partial charge in [-0.1, -0.05) is 24.3 Å². The van der Waals surface area contributed by atoms with Crippen LogP contribution in [0, 0.1) is 6.92 Å². The summed E-state index contributed by atoms with van der Waals surface area (Å²) in [6, 6.07) is 15.0. The average molecular weight is 251 g/mol. The van der Waals surface area contributed by atoms with Gasteiger partial charge < -0.3 is 5.32 Å². The predicted octanol–water partition coefficient (Wildman–Crippen LogP) is 4.04. The molecule has 3 aromatic rings. The van der Waals surface area contributed by atoms with Crippen LogP contribution >= 0.6 is 0 Å². The van der Waals surface area contributed by atoms with Gasteiger partial charge in [0.25, 0.3) is 0 Å². The highest BCUT2D eigenvalue weighted by Gasteiger charge is 2.08. The summed E-state index contributed by atoms with van der Waals surface area (Å²) in [4.78, 5) is 0. The summed E-state index contributed by atoms with van der Waals surface area (Å²) in [5.41, 5.74) is 4.82. The molecule has 0 saturated carbocycles. The number of aromatic amines is 1. The maximum atomic E-state index is 4.04. The van der Waals surface area contributed by atoms with E-state index in [0.717, 1.165) is 16.6 Å². The lowest BCUT2D eigenvalue weighted by Crippen LogP contribution is -2.07. The molecule has 0 aliphatic carbocycles. The minimum absolute atomic E-state index is 0.283. The number of aryl methyl sites for hydroxylation is 1. The van der Waals surface area contributed by atoms with Crippen molar-refractivity contribution in [2.24, 2.45) is 0 Å². The minimum atomic E-state index is 0.283. The summed E-state index contributed by atoms with van der Waals surface area (Å²) < 4.78 is 0. The van der Waals surface area contributed by atoms with Gasteiger partial charge in [-0.15, -0.1) is 0 Å². The molecule has 0 bridgehead atoms. The van der Waals surface area contributed by atoms with Crippen LogP contribution in [0.3, 0.4) is 0 Å². The molecule has 0 aliphatic heterocycles. The summed E-state index contributed by atoms with van der Waals surface area (Å²) in [6.07, 6.45) is 1.85. The average Bonchev–Trinajstić information content (AvgIpc) is 2.86. The maximum Gasteiger partial charge on any atom is 0.0651 e. The molecule has 3 heteroatoms. The van der Waals surface area contributed by atoms with Crippen molar-refractivity contribution < 1.29 is 0 Å². The molecule has 1 aromatic heterocycles. The molecule has 2 aromatic carbocycles. The van der Waals surface area contributed by atoms with Crippen molar-refractivity contribution in [3.05, 3.63) is 59.8 Å². The van der Waals surface area contributed by atoms with E-state index in [1.165, 1.54) is 11.1 Å². The molecule has 19 heavy (non-hydrogen) atoms. The number of fused-ring (bicyclic) bond motifs is 1. The molecule has 0 spiro atoms. The van der Waals surface area contributed by atoms with E-state index >= 15 is 0 Å². The highest BCUT2D eigenvalue weighted by molar-refractivity contribution is 5.81. The van der Waals surface area contributed by atoms with Gasteiger partial charge in [-0.25, -0.2) is 0 Å². The van der Waals surface area contributed by atoms with Crippen LogP contribution in [0.25, 0.3) is 10.9 Å². The number of nitrogens with zero attached hydrogens (tertiary/aromatic N) is 1. The maximum absolute atomic E-state index is 4.04. The first-order valence-corrected chi connectivity index (χ1v) is 6.49. The number of aromatic nitrogens is 2. The highest BCUT2D eigenvalue weighted by Crippen LogP contribution is 2.24. The monoisotopic (exact) mass is 251 g/mol. The first-order valence-electron chi connectivity index (χ1n) is 6.49. The van der Waals surface area contributed by atoms with Gasteiger partial charge in [0, 0.05) is 17.1 Å². The lowest BCUT2D eigenvalue weighted by Gasteiger charge is -2.17. The molecule has 2 N–H and O–H groups in total. The van der Waals surface area contributed by atoms with E-state index < -0.39 is 0 Å². The molecule has 0 aliphatic rings. The van der Waals surface area contributed by atoms with Crippen LogP contribution in [-0.4, -0.2) is 10.2 Å². The first kappa shape index (κ1) is 11.8. The normalized spacial score (nSPS) is 12.5. The quantitative estimate of drug-likeness (QED) is 0.737. The predicted molar refractivity (Wildman–Crippen MR) is 79.3 cm³/mol. The van der Waals surface area contributed by atoms with E-state index in [-0.39, 0.29) is 6.04 Å². The fraction of sp³-hybridized carbons (Fsp3) is 0.188. The SMILES string of the molecule is Cc1ccccc1C(C)Nc1ccc2[nH]ncc2c1. The number of benzene rings is 2. The zero-order valence-corrected chi connectivity index (χ0v) is 11.1. The topological polar surface area (TPSA) is 40.7 Å². The lowest BCUT2D eigenvalue weighted by atomic mass is 10.0. The van der Waals surface area contributed by atoms with E-state index in [2.05, 4.69) is 71.8 Å². The van der Waals surface area contributed by atoms with Crippen molar-refractivity contribution in [2.45, 2.75) is 19.9 Å². The molecule has 0 radical (unpaired) electrons. The van der Waals surface area contributed by atoms with Crippen LogP contribution in [0.4, 0.5) is 5.69 Å². The third-order valence-electron chi connectivity index (χ3n) is 3.48. The summed E-state index contributed by atoms with van der Waals surface area (Å²) in [5.74, 6) is 0. The van der Waals surface area contributed by atoms with Gasteiger partial charge in [0.05, 0.1) is 11.7 Å². The van der Waals surface area contributed by atoms with Crippen molar-refractivity contribution in [1.82, 2.24) is 10.2 Å². The molecule has 96 valence electrons. The molecule has 1 unspecified atom stereocenters. The number of hydrogen-bond donors (Lipinski definition) is 2. The number of nitrogens with one attached hydrogen (secondary N) is 2. The zero-order chi connectivity index (χ0) is 13.2. The van der Waals surface area contributed by atoms with Gasteiger partial charge >= 0.3 is 0 Å². The van der Waals surface area contributed by atoms with E-state index in [4.69, 9.17) is 0 Å². The van der Waals surface area contributed by atoms with Crippen LogP contribution in [0.5, 0.6) is 0 Å². The van der Waals surface area contributed by atoms with Crippen molar-refractivity contribution in [3.63, 3.8) is 0 Å². The van der Waals surface area contributed by atoms with Crippen LogP contribution in [0.1, 0.15) is 24.1 Å². The Morgan fingerprint density at radius 1 is 1.16 bits per heavy atom. The molecule has 0 fully saturated rings. The van der Waals surface area contributed by atoms with E-state index in [9.17, 15) is 0 Å². The summed E-state index contributed by atoms with van der Waals surface area (Å²) >= 11 is 0. The fourth-order valence-electron chi connectivity index (χ4n) is 2.43. The zero-order valence-electron chi connectivity index (χ0n) is 11.1. The number of hydrogen-bond acceptors (Lipinski definition) is 2. The Morgan fingerprint density at radius 3 is 2.84 bits per heavy atom. The second-order valence-corrected chi connectivity index (χ2v) is 4.89. The van der Waals surface area contributed by atoms with Gasteiger partial charge in [0.1, 0.15) is 0 Å². The molecule has 1 atom stereocenters. The number of rotatable bonds is 3. The van der Waals surface area contributed by atoms with E-state index in [0.29, 0.717) is 0 Å². The number of anilines is 1. The van der Waals surface area contributed by atoms with Crippen LogP contribution < -0.4 is 5.32 Å². The smallest absolute Gasteiger partial charge is 0.0651 e. The third kappa shape index (κ3) is 2.32. The van der Waals surface area contributed by atoms with Crippen molar-refractivity contribution in [3.8, 4) is 0 Å². The molecule has 0 amide bonds. The van der Waals surface area contributed by atoms with E-state index in [1.807, 2.05) is 6.20 Å². The standard InChI is InChI=1S/C16H17N3/c1-11-5-3-4-6-15(11)12(2)18-14-7-8-16-13(9-14)10-17-19-16/h3-10,12,18H,1-2H3,(H,17,19). The Morgan fingerprint density at radius 2 is 2.00 bits per heavy atom. The van der Waals surface area contributed by atoms with E-state index in [1.54, 1.807) is 0 Å². The summed E-state index contributed by atoms with van der Waals surface area (Å²) in [6.45, 7) is 4.33. The number of H-pyrrole nitrogens is 1. The molecule has 3 rings (SSSR count). The lowest BCUT2D eigenvalue weighted by molar-refractivity contribution is 0.875. The Labute approximate surface area is 112 Å². The summed E-state index contributed by atoms with van der Waals surface area (Å²) in [7, 11) is 0. The van der Waals surface area contributed by atoms with Gasteiger partial charge in [-0.2, -0.15) is 5.10 Å². The van der Waals surface area contributed by atoms with Gasteiger partial charge in [0.15, 0.2) is 0 Å². The Hall–Kier alpha value is -2.29. The van der Waals surface area contributed by atoms with Crippen molar-refractivity contribution in [2.75, 3.05) is 5.32 Å². The van der Waals surface area contributed by atoms with Gasteiger partial charge in [-0.3, -0.25) is 5.10 Å². The van der Waals surface area contributed by atoms with Crippen LogP contribution in [-0.2, 0) is 0 Å². The second kappa shape index (κ2) is 4.76. The van der Waals surface area contributed by atoms with Crippen molar-refractivity contribution >= 4 is 16.6 Å². The fourth-order valence-corrected chi connectivity index (χ4v) is 2.43. The molecular weight excluding hydrogens is 234 g/mol. The Bertz CT molecular complexity index is 700. The second-order valence-electron chi connectivity index (χ2n) is 4.89. The van der Waals surface area contributed by atoms with Gasteiger partial charge in [-0.05, 0) is 43.2 Å². The third-order valence-corrected chi connectivity index (χ3v) is 3.48. The summed E-state index contributed by atoms with van der Waals surface area (Å²) in [5, 5.41) is 11.7. The van der Waals surface area contributed by atoms with Crippen molar-refractivity contribution in [1.29, 1.82) is 0 Å². The highest BCUT2D eigenvalue weighted by atomic mass is 15.1. The van der Waals surface area contributed by atoms with Crippen LogP contribution in [0.15, 0.2) is 48.7 Å². The minimum Gasteiger partial charge on any atom is -0.378 e. The Balaban J connectivity index is 1.86. The molecule has 0 saturated heterocycles. The van der Waals surface area contributed by atoms with Gasteiger partial charge in [0.2, 0.25) is 0 Å². The molecule has 3 nitrogen and oxygen atoms in total. The molecular formula is C16H17N3. The Kier molecular flexibility index (Phi) is 2.95. The largest absolute Gasteiger partial charge is 0.378 e.